The zero-order valence-electron chi connectivity index (χ0n) is 6.80. The summed E-state index contributed by atoms with van der Waals surface area (Å²) in [7, 11) is 0. The lowest BCUT2D eigenvalue weighted by molar-refractivity contribution is 0.239. The Morgan fingerprint density at radius 3 is 2.70 bits per heavy atom. The third-order valence-electron chi connectivity index (χ3n) is 2.15. The smallest absolute Gasteiger partial charge is 0.0714 e. The molecular weight excluding hydrogens is 122 g/mol. The highest BCUT2D eigenvalue weighted by Crippen LogP contribution is 2.18. The van der Waals surface area contributed by atoms with Gasteiger partial charge in [-0.3, -0.25) is 4.90 Å². The van der Waals surface area contributed by atoms with Gasteiger partial charge in [0.15, 0.2) is 0 Å². The van der Waals surface area contributed by atoms with E-state index in [1.165, 1.54) is 19.4 Å². The van der Waals surface area contributed by atoms with Crippen molar-refractivity contribution in [1.29, 1.82) is 0 Å². The molecule has 0 bridgehead atoms. The van der Waals surface area contributed by atoms with Crippen molar-refractivity contribution >= 4 is 0 Å². The van der Waals surface area contributed by atoms with E-state index >= 15 is 0 Å². The maximum Gasteiger partial charge on any atom is 0.0714 e. The summed E-state index contributed by atoms with van der Waals surface area (Å²) in [4.78, 5) is 2.39. The fraction of sp³-hybridized carbons (Fsp3) is 0.778. The van der Waals surface area contributed by atoms with Crippen molar-refractivity contribution in [3.05, 3.63) is 0 Å². The molecule has 0 aliphatic carbocycles. The molecule has 1 aliphatic rings. The molecule has 0 aromatic heterocycles. The van der Waals surface area contributed by atoms with E-state index in [-0.39, 0.29) is 0 Å². The molecule has 1 aliphatic heterocycles. The average Bonchev–Trinajstić information content (AvgIpc) is 2.33. The van der Waals surface area contributed by atoms with Gasteiger partial charge in [-0.05, 0) is 33.2 Å². The Labute approximate surface area is 63.4 Å². The minimum absolute atomic E-state index is 0.417. The van der Waals surface area contributed by atoms with E-state index in [1.54, 1.807) is 0 Å². The lowest BCUT2D eigenvalue weighted by Gasteiger charge is -2.24. The zero-order chi connectivity index (χ0) is 7.56. The van der Waals surface area contributed by atoms with Crippen molar-refractivity contribution in [2.75, 3.05) is 6.54 Å². The van der Waals surface area contributed by atoms with Crippen LogP contribution < -0.4 is 0 Å². The maximum absolute atomic E-state index is 5.37. The molecule has 0 saturated carbocycles. The topological polar surface area (TPSA) is 3.24 Å². The van der Waals surface area contributed by atoms with Crippen LogP contribution >= 0.6 is 0 Å². The zero-order valence-corrected chi connectivity index (χ0v) is 6.80. The first kappa shape index (κ1) is 7.63. The van der Waals surface area contributed by atoms with Crippen molar-refractivity contribution in [2.24, 2.45) is 0 Å². The fourth-order valence-electron chi connectivity index (χ4n) is 1.59. The van der Waals surface area contributed by atoms with Crippen LogP contribution in [0, 0.1) is 12.3 Å². The van der Waals surface area contributed by atoms with Gasteiger partial charge in [-0.25, -0.2) is 0 Å². The Bertz CT molecular complexity index is 143. The number of terminal acetylenes is 1. The minimum atomic E-state index is 0.417. The Morgan fingerprint density at radius 2 is 2.30 bits per heavy atom. The van der Waals surface area contributed by atoms with Crippen LogP contribution in [0.25, 0.3) is 0 Å². The largest absolute Gasteiger partial charge is 0.287 e. The molecule has 0 N–H and O–H groups in total. The van der Waals surface area contributed by atoms with Gasteiger partial charge in [-0.1, -0.05) is 5.92 Å². The highest BCUT2D eigenvalue weighted by molar-refractivity contribution is 5.03. The van der Waals surface area contributed by atoms with Gasteiger partial charge >= 0.3 is 0 Å². The van der Waals surface area contributed by atoms with E-state index in [0.29, 0.717) is 12.1 Å². The Hall–Kier alpha value is -0.480. The van der Waals surface area contributed by atoms with Crippen LogP contribution in [0.15, 0.2) is 0 Å². The predicted molar refractivity (Wildman–Crippen MR) is 43.7 cm³/mol. The lowest BCUT2D eigenvalue weighted by atomic mass is 10.2. The molecule has 1 saturated heterocycles. The Morgan fingerprint density at radius 1 is 1.60 bits per heavy atom. The highest BCUT2D eigenvalue weighted by atomic mass is 15.2. The standard InChI is InChI=1S/C9H15N/c1-4-9-6-5-7-10(9)8(2)3/h1,8-9H,5-7H2,2-3H3/t9-/m1/s1. The van der Waals surface area contributed by atoms with Crippen molar-refractivity contribution in [3.63, 3.8) is 0 Å². The molecule has 1 rings (SSSR count). The van der Waals surface area contributed by atoms with Crippen LogP contribution in [-0.4, -0.2) is 23.5 Å². The number of hydrogen-bond acceptors (Lipinski definition) is 1. The molecule has 0 radical (unpaired) electrons. The molecule has 0 aromatic rings. The molecule has 10 heavy (non-hydrogen) atoms. The second kappa shape index (κ2) is 3.07. The third-order valence-corrected chi connectivity index (χ3v) is 2.15. The summed E-state index contributed by atoms with van der Waals surface area (Å²) in [6.45, 7) is 5.60. The van der Waals surface area contributed by atoms with Gasteiger partial charge in [0.05, 0.1) is 6.04 Å². The second-order valence-corrected chi connectivity index (χ2v) is 3.16. The van der Waals surface area contributed by atoms with Gasteiger partial charge in [0.25, 0.3) is 0 Å². The van der Waals surface area contributed by atoms with E-state index in [0.717, 1.165) is 0 Å². The first-order chi connectivity index (χ1) is 4.75. The first-order valence-corrected chi connectivity index (χ1v) is 3.97. The summed E-state index contributed by atoms with van der Waals surface area (Å²) in [5.74, 6) is 2.82. The van der Waals surface area contributed by atoms with Crippen molar-refractivity contribution < 1.29 is 0 Å². The van der Waals surface area contributed by atoms with Crippen molar-refractivity contribution in [3.8, 4) is 12.3 Å². The number of rotatable bonds is 1. The first-order valence-electron chi connectivity index (χ1n) is 3.97. The Balaban J connectivity index is 2.52. The predicted octanol–water partition coefficient (Wildman–Crippen LogP) is 1.49. The average molecular weight is 137 g/mol. The summed E-state index contributed by atoms with van der Waals surface area (Å²) in [5.41, 5.74) is 0. The molecule has 0 amide bonds. The number of nitrogens with zero attached hydrogens (tertiary/aromatic N) is 1. The molecule has 1 atom stereocenters. The molecule has 1 nitrogen and oxygen atoms in total. The normalized spacial score (nSPS) is 27.2. The summed E-state index contributed by atoms with van der Waals surface area (Å²) in [5, 5.41) is 0. The summed E-state index contributed by atoms with van der Waals surface area (Å²) in [6, 6.07) is 1.03. The number of likely N-dealkylation sites (tertiary alicyclic amines) is 1. The lowest BCUT2D eigenvalue weighted by Crippen LogP contribution is -2.34. The quantitative estimate of drug-likeness (QED) is 0.495. The van der Waals surface area contributed by atoms with Gasteiger partial charge in [0.1, 0.15) is 0 Å². The monoisotopic (exact) mass is 137 g/mol. The van der Waals surface area contributed by atoms with Gasteiger partial charge in [0.2, 0.25) is 0 Å². The fourth-order valence-corrected chi connectivity index (χ4v) is 1.59. The Kier molecular flexibility index (Phi) is 2.34. The minimum Gasteiger partial charge on any atom is -0.287 e. The van der Waals surface area contributed by atoms with E-state index in [9.17, 15) is 0 Å². The molecule has 0 spiro atoms. The van der Waals surface area contributed by atoms with Gasteiger partial charge in [0, 0.05) is 6.04 Å². The van der Waals surface area contributed by atoms with Crippen LogP contribution in [-0.2, 0) is 0 Å². The third kappa shape index (κ3) is 1.33. The summed E-state index contributed by atoms with van der Waals surface area (Å²) in [6.07, 6.45) is 7.83. The second-order valence-electron chi connectivity index (χ2n) is 3.16. The molecule has 1 fully saturated rings. The van der Waals surface area contributed by atoms with Crippen LogP contribution in [0.1, 0.15) is 26.7 Å². The molecule has 56 valence electrons. The van der Waals surface area contributed by atoms with Crippen LogP contribution in [0.4, 0.5) is 0 Å². The van der Waals surface area contributed by atoms with Crippen LogP contribution in [0.5, 0.6) is 0 Å². The van der Waals surface area contributed by atoms with E-state index in [2.05, 4.69) is 24.7 Å². The van der Waals surface area contributed by atoms with Crippen LogP contribution in [0.3, 0.4) is 0 Å². The van der Waals surface area contributed by atoms with Crippen LogP contribution in [0.2, 0.25) is 0 Å². The maximum atomic E-state index is 5.37. The van der Waals surface area contributed by atoms with Gasteiger partial charge in [-0.15, -0.1) is 6.42 Å². The molecule has 1 heteroatoms. The summed E-state index contributed by atoms with van der Waals surface area (Å²) < 4.78 is 0. The van der Waals surface area contributed by atoms with E-state index in [1.807, 2.05) is 0 Å². The highest BCUT2D eigenvalue weighted by Gasteiger charge is 2.23. The van der Waals surface area contributed by atoms with Gasteiger partial charge < -0.3 is 0 Å². The molecule has 0 unspecified atom stereocenters. The van der Waals surface area contributed by atoms with Crippen molar-refractivity contribution in [1.82, 2.24) is 4.90 Å². The van der Waals surface area contributed by atoms with Gasteiger partial charge in [-0.2, -0.15) is 0 Å². The van der Waals surface area contributed by atoms with E-state index < -0.39 is 0 Å². The molecule has 0 aromatic carbocycles. The van der Waals surface area contributed by atoms with E-state index in [4.69, 9.17) is 6.42 Å². The number of hydrogen-bond donors (Lipinski definition) is 0. The molecule has 1 heterocycles. The summed E-state index contributed by atoms with van der Waals surface area (Å²) >= 11 is 0. The molecular formula is C9H15N. The van der Waals surface area contributed by atoms with Crippen molar-refractivity contribution in [2.45, 2.75) is 38.8 Å². The SMILES string of the molecule is C#C[C@@H]1CCCN1C(C)C.